The first-order chi connectivity index (χ1) is 13.1. The Labute approximate surface area is 158 Å². The predicted octanol–water partition coefficient (Wildman–Crippen LogP) is 2.29. The summed E-state index contributed by atoms with van der Waals surface area (Å²) in [7, 11) is 1.94. The number of aromatic nitrogens is 5. The van der Waals surface area contributed by atoms with Gasteiger partial charge in [0.2, 0.25) is 0 Å². The predicted molar refractivity (Wildman–Crippen MR) is 101 cm³/mol. The molecule has 3 aromatic rings. The van der Waals surface area contributed by atoms with Crippen LogP contribution in [-0.2, 0) is 13.5 Å². The van der Waals surface area contributed by atoms with Gasteiger partial charge in [-0.2, -0.15) is 0 Å². The van der Waals surface area contributed by atoms with Gasteiger partial charge >= 0.3 is 0 Å². The molecule has 0 N–H and O–H groups in total. The number of aryl methyl sites for hydroxylation is 2. The highest BCUT2D eigenvalue weighted by molar-refractivity contribution is 5.94. The Bertz CT molecular complexity index is 949. The highest BCUT2D eigenvalue weighted by Gasteiger charge is 2.27. The summed E-state index contributed by atoms with van der Waals surface area (Å²) in [6.07, 6.45) is 10.6. The molecule has 0 unspecified atom stereocenters. The first kappa shape index (κ1) is 17.3. The summed E-state index contributed by atoms with van der Waals surface area (Å²) in [6.45, 7) is 3.42. The standard InChI is InChI=1S/C20H22N6O/c1-14-3-4-16(10-23-14)20(27)26-7-5-15(13-26)9-17-11-21-12-18(24-17)19-22-6-8-25(19)2/h3-4,6,8,10-12,15H,5,7,9,13H2,1-2H3/t15-/m1/s1. The third-order valence-corrected chi connectivity index (χ3v) is 4.96. The van der Waals surface area contributed by atoms with Crippen LogP contribution in [0.5, 0.6) is 0 Å². The first-order valence-electron chi connectivity index (χ1n) is 9.10. The van der Waals surface area contributed by atoms with Crippen LogP contribution in [0.4, 0.5) is 0 Å². The lowest BCUT2D eigenvalue weighted by atomic mass is 10.0. The van der Waals surface area contributed by atoms with Crippen LogP contribution in [0, 0.1) is 12.8 Å². The Morgan fingerprint density at radius 1 is 1.22 bits per heavy atom. The summed E-state index contributed by atoms with van der Waals surface area (Å²) in [5.74, 6) is 1.25. The van der Waals surface area contributed by atoms with Crippen molar-refractivity contribution in [2.75, 3.05) is 13.1 Å². The van der Waals surface area contributed by atoms with E-state index in [1.165, 1.54) is 0 Å². The zero-order valence-corrected chi connectivity index (χ0v) is 15.5. The number of pyridine rings is 1. The van der Waals surface area contributed by atoms with Gasteiger partial charge in [0, 0.05) is 50.6 Å². The van der Waals surface area contributed by atoms with Crippen molar-refractivity contribution >= 4 is 5.91 Å². The smallest absolute Gasteiger partial charge is 0.255 e. The van der Waals surface area contributed by atoms with E-state index in [0.29, 0.717) is 11.5 Å². The fourth-order valence-corrected chi connectivity index (χ4v) is 3.48. The van der Waals surface area contributed by atoms with Crippen molar-refractivity contribution in [3.63, 3.8) is 0 Å². The quantitative estimate of drug-likeness (QED) is 0.712. The van der Waals surface area contributed by atoms with Crippen molar-refractivity contribution < 1.29 is 4.79 Å². The summed E-state index contributed by atoms with van der Waals surface area (Å²) in [4.78, 5) is 32.2. The minimum Gasteiger partial charge on any atom is -0.338 e. The maximum atomic E-state index is 12.7. The van der Waals surface area contributed by atoms with E-state index in [-0.39, 0.29) is 5.91 Å². The summed E-state index contributed by atoms with van der Waals surface area (Å²) >= 11 is 0. The molecule has 4 rings (SSSR count). The van der Waals surface area contributed by atoms with Crippen molar-refractivity contribution in [1.82, 2.24) is 29.4 Å². The maximum absolute atomic E-state index is 12.7. The number of nitrogens with zero attached hydrogens (tertiary/aromatic N) is 6. The van der Waals surface area contributed by atoms with Crippen LogP contribution < -0.4 is 0 Å². The largest absolute Gasteiger partial charge is 0.338 e. The van der Waals surface area contributed by atoms with Gasteiger partial charge < -0.3 is 9.47 Å². The summed E-state index contributed by atoms with van der Waals surface area (Å²) in [6, 6.07) is 3.72. The Balaban J connectivity index is 1.42. The number of carbonyl (C=O) groups excluding carboxylic acids is 1. The Morgan fingerprint density at radius 2 is 2.11 bits per heavy atom. The zero-order chi connectivity index (χ0) is 18.8. The highest BCUT2D eigenvalue weighted by Crippen LogP contribution is 2.22. The van der Waals surface area contributed by atoms with Crippen molar-refractivity contribution in [3.8, 4) is 11.5 Å². The average molecular weight is 362 g/mol. The van der Waals surface area contributed by atoms with Crippen LogP contribution in [0.25, 0.3) is 11.5 Å². The topological polar surface area (TPSA) is 76.8 Å². The van der Waals surface area contributed by atoms with Crippen LogP contribution in [-0.4, -0.2) is 48.4 Å². The summed E-state index contributed by atoms with van der Waals surface area (Å²) in [5.41, 5.74) is 3.28. The molecule has 7 nitrogen and oxygen atoms in total. The molecule has 4 heterocycles. The van der Waals surface area contributed by atoms with Gasteiger partial charge in [-0.3, -0.25) is 14.8 Å². The number of carbonyl (C=O) groups is 1. The minimum absolute atomic E-state index is 0.0536. The minimum atomic E-state index is 0.0536. The van der Waals surface area contributed by atoms with E-state index in [1.54, 1.807) is 24.8 Å². The van der Waals surface area contributed by atoms with Crippen LogP contribution in [0.2, 0.25) is 0 Å². The van der Waals surface area contributed by atoms with Crippen LogP contribution >= 0.6 is 0 Å². The molecule has 1 amide bonds. The molecule has 0 aliphatic carbocycles. The van der Waals surface area contributed by atoms with Gasteiger partial charge in [-0.25, -0.2) is 9.97 Å². The second-order valence-corrected chi connectivity index (χ2v) is 7.06. The Morgan fingerprint density at radius 3 is 2.85 bits per heavy atom. The highest BCUT2D eigenvalue weighted by atomic mass is 16.2. The van der Waals surface area contributed by atoms with Gasteiger partial charge in [-0.05, 0) is 37.8 Å². The molecule has 0 spiro atoms. The second kappa shape index (κ2) is 7.26. The molecule has 1 aliphatic rings. The third kappa shape index (κ3) is 3.72. The number of rotatable bonds is 4. The molecule has 27 heavy (non-hydrogen) atoms. The Kier molecular flexibility index (Phi) is 4.66. The van der Waals surface area contributed by atoms with Gasteiger partial charge in [-0.1, -0.05) is 0 Å². The molecular weight excluding hydrogens is 340 g/mol. The number of imidazole rings is 1. The molecular formula is C20H22N6O. The fraction of sp³-hybridized carbons (Fsp3) is 0.350. The number of amides is 1. The molecule has 3 aromatic heterocycles. The van der Waals surface area contributed by atoms with Gasteiger partial charge in [0.15, 0.2) is 5.82 Å². The summed E-state index contributed by atoms with van der Waals surface area (Å²) < 4.78 is 1.93. The molecule has 0 radical (unpaired) electrons. The van der Waals surface area contributed by atoms with Crippen LogP contribution in [0.15, 0.2) is 43.1 Å². The van der Waals surface area contributed by atoms with Crippen molar-refractivity contribution in [2.45, 2.75) is 19.8 Å². The van der Waals surface area contributed by atoms with Crippen molar-refractivity contribution in [3.05, 3.63) is 60.1 Å². The van der Waals surface area contributed by atoms with Crippen molar-refractivity contribution in [2.24, 2.45) is 13.0 Å². The summed E-state index contributed by atoms with van der Waals surface area (Å²) in [5, 5.41) is 0. The molecule has 1 aliphatic heterocycles. The van der Waals surface area contributed by atoms with Gasteiger partial charge in [0.05, 0.1) is 17.5 Å². The van der Waals surface area contributed by atoms with Gasteiger partial charge in [0.1, 0.15) is 5.69 Å². The monoisotopic (exact) mass is 362 g/mol. The molecule has 0 bridgehead atoms. The lowest BCUT2D eigenvalue weighted by Gasteiger charge is -2.16. The fourth-order valence-electron chi connectivity index (χ4n) is 3.48. The van der Waals surface area contributed by atoms with Crippen LogP contribution in [0.3, 0.4) is 0 Å². The number of likely N-dealkylation sites (tertiary alicyclic amines) is 1. The molecule has 1 saturated heterocycles. The molecule has 7 heteroatoms. The average Bonchev–Trinajstić information content (AvgIpc) is 3.31. The molecule has 1 fully saturated rings. The van der Waals surface area contributed by atoms with E-state index < -0.39 is 0 Å². The third-order valence-electron chi connectivity index (χ3n) is 4.96. The van der Waals surface area contributed by atoms with Crippen molar-refractivity contribution in [1.29, 1.82) is 0 Å². The number of hydrogen-bond acceptors (Lipinski definition) is 5. The van der Waals surface area contributed by atoms with E-state index in [0.717, 1.165) is 48.8 Å². The second-order valence-electron chi connectivity index (χ2n) is 7.06. The van der Waals surface area contributed by atoms with E-state index in [1.807, 2.05) is 41.8 Å². The molecule has 1 atom stereocenters. The molecule has 138 valence electrons. The molecule has 0 saturated carbocycles. The molecule has 0 aromatic carbocycles. The van der Waals surface area contributed by atoms with Gasteiger partial charge in [0.25, 0.3) is 5.91 Å². The van der Waals surface area contributed by atoms with Crippen LogP contribution in [0.1, 0.15) is 28.2 Å². The lowest BCUT2D eigenvalue weighted by Crippen LogP contribution is -2.29. The van der Waals surface area contributed by atoms with Gasteiger partial charge in [-0.15, -0.1) is 0 Å². The van der Waals surface area contributed by atoms with E-state index in [9.17, 15) is 4.79 Å². The SMILES string of the molecule is Cc1ccc(C(=O)N2CC[C@H](Cc3cncc(-c4nccn4C)n3)C2)cn1. The van der Waals surface area contributed by atoms with E-state index in [2.05, 4.69) is 15.0 Å². The van der Waals surface area contributed by atoms with E-state index in [4.69, 9.17) is 4.98 Å². The maximum Gasteiger partial charge on any atom is 0.255 e. The number of hydrogen-bond donors (Lipinski definition) is 0. The van der Waals surface area contributed by atoms with E-state index >= 15 is 0 Å². The normalized spacial score (nSPS) is 16.7. The first-order valence-corrected chi connectivity index (χ1v) is 9.10. The zero-order valence-electron chi connectivity index (χ0n) is 15.5. The lowest BCUT2D eigenvalue weighted by molar-refractivity contribution is 0.0786. The Hall–Kier alpha value is -3.09.